The summed E-state index contributed by atoms with van der Waals surface area (Å²) in [6.45, 7) is 9.65. The number of hydrogen-bond donors (Lipinski definition) is 2. The molecule has 44 heavy (non-hydrogen) atoms. The van der Waals surface area contributed by atoms with Crippen molar-refractivity contribution in [2.45, 2.75) is 58.9 Å². The molecule has 3 N–H and O–H groups in total. The lowest BCUT2D eigenvalue weighted by Crippen LogP contribution is -2.48. The van der Waals surface area contributed by atoms with Crippen LogP contribution in [-0.2, 0) is 11.3 Å². The van der Waals surface area contributed by atoms with Gasteiger partial charge in [0.1, 0.15) is 11.6 Å². The summed E-state index contributed by atoms with van der Waals surface area (Å²) in [6.07, 6.45) is 12.2. The Balaban J connectivity index is 1.02. The molecule has 3 heterocycles. The highest BCUT2D eigenvalue weighted by Crippen LogP contribution is 2.60. The van der Waals surface area contributed by atoms with Gasteiger partial charge >= 0.3 is 0 Å². The molecular formula is C35H41N7OS. The van der Waals surface area contributed by atoms with Crippen molar-refractivity contribution in [2.24, 2.45) is 23.2 Å². The van der Waals surface area contributed by atoms with Gasteiger partial charge < -0.3 is 10.6 Å². The highest BCUT2D eigenvalue weighted by molar-refractivity contribution is 7.22. The normalized spacial score (nSPS) is 24.2. The van der Waals surface area contributed by atoms with Gasteiger partial charge in [0.25, 0.3) is 5.91 Å². The standard InChI is InChI=1S/C35H41N7OS/c1-5-26(33(43)40-34-38-29-8-6-7-9-30(29)44-34)21(2)19-41(4)31-11-10-27(32(36)39-31)28-18-37-42(22(28)3)20-35-15-23-12-24(16-35)14-25(13-23)17-35/h5-11,18,23-25H,2,12-17,19-20H2,1,3-4H3,(H2,36,39)(H,38,40,43)/b26-5+. The number of likely N-dealkylation sites (N-methyl/N-ethyl adjacent to an activating group) is 1. The number of allylic oxidation sites excluding steroid dienone is 1. The van der Waals surface area contributed by atoms with Gasteiger partial charge in [0.15, 0.2) is 5.13 Å². The third-order valence-electron chi connectivity index (χ3n) is 10.2. The van der Waals surface area contributed by atoms with Crippen LogP contribution in [0, 0.1) is 30.1 Å². The first kappa shape index (κ1) is 28.8. The molecule has 3 aromatic heterocycles. The van der Waals surface area contributed by atoms with Crippen LogP contribution in [0.2, 0.25) is 0 Å². The molecule has 8 nitrogen and oxygen atoms in total. The Kier molecular flexibility index (Phi) is 7.31. The van der Waals surface area contributed by atoms with Crippen molar-refractivity contribution in [3.63, 3.8) is 0 Å². The average molecular weight is 608 g/mol. The second kappa shape index (κ2) is 11.2. The van der Waals surface area contributed by atoms with E-state index in [1.165, 1.54) is 49.9 Å². The van der Waals surface area contributed by atoms with Crippen molar-refractivity contribution in [3.05, 3.63) is 72.1 Å². The van der Waals surface area contributed by atoms with Gasteiger partial charge in [-0.15, -0.1) is 0 Å². The molecule has 4 aliphatic carbocycles. The molecule has 0 aliphatic heterocycles. The summed E-state index contributed by atoms with van der Waals surface area (Å²) in [5.74, 6) is 3.73. The molecule has 4 saturated carbocycles. The number of nitrogens with one attached hydrogen (secondary N) is 1. The van der Waals surface area contributed by atoms with E-state index in [0.717, 1.165) is 51.3 Å². The van der Waals surface area contributed by atoms with E-state index in [9.17, 15) is 4.79 Å². The van der Waals surface area contributed by atoms with Gasteiger partial charge in [-0.3, -0.25) is 14.8 Å². The first-order valence-electron chi connectivity index (χ1n) is 15.7. The van der Waals surface area contributed by atoms with Gasteiger partial charge in [-0.2, -0.15) is 5.10 Å². The lowest BCUT2D eigenvalue weighted by Gasteiger charge is -2.56. The van der Waals surface area contributed by atoms with Gasteiger partial charge in [-0.1, -0.05) is 36.1 Å². The summed E-state index contributed by atoms with van der Waals surface area (Å²) in [7, 11) is 1.93. The zero-order valence-corrected chi connectivity index (χ0v) is 26.7. The Morgan fingerprint density at radius 3 is 2.48 bits per heavy atom. The quantitative estimate of drug-likeness (QED) is 0.154. The fourth-order valence-corrected chi connectivity index (χ4v) is 9.48. The van der Waals surface area contributed by atoms with Crippen LogP contribution in [0.25, 0.3) is 21.3 Å². The number of benzene rings is 1. The molecule has 1 aromatic carbocycles. The van der Waals surface area contributed by atoms with Crippen LogP contribution in [0.1, 0.15) is 51.1 Å². The maximum absolute atomic E-state index is 13.1. The van der Waals surface area contributed by atoms with Gasteiger partial charge in [0.05, 0.1) is 16.4 Å². The highest BCUT2D eigenvalue weighted by Gasteiger charge is 2.51. The number of aromatic nitrogens is 4. The first-order chi connectivity index (χ1) is 21.2. The van der Waals surface area contributed by atoms with E-state index >= 15 is 0 Å². The van der Waals surface area contributed by atoms with E-state index in [4.69, 9.17) is 15.8 Å². The number of nitrogen functional groups attached to an aromatic ring is 1. The maximum Gasteiger partial charge on any atom is 0.257 e. The van der Waals surface area contributed by atoms with Crippen molar-refractivity contribution < 1.29 is 4.79 Å². The largest absolute Gasteiger partial charge is 0.383 e. The molecule has 0 spiro atoms. The van der Waals surface area contributed by atoms with Crippen LogP contribution < -0.4 is 16.0 Å². The molecule has 0 saturated heterocycles. The van der Waals surface area contributed by atoms with Gasteiger partial charge in [-0.05, 0) is 105 Å². The Morgan fingerprint density at radius 1 is 1.11 bits per heavy atom. The van der Waals surface area contributed by atoms with Crippen LogP contribution in [0.15, 0.2) is 66.4 Å². The molecular weight excluding hydrogens is 567 g/mol. The lowest BCUT2D eigenvalue weighted by atomic mass is 9.49. The van der Waals surface area contributed by atoms with Crippen molar-refractivity contribution >= 4 is 44.2 Å². The number of thiazole rings is 1. The topological polar surface area (TPSA) is 102 Å². The molecule has 228 valence electrons. The predicted molar refractivity (Wildman–Crippen MR) is 180 cm³/mol. The molecule has 4 fully saturated rings. The monoisotopic (exact) mass is 607 g/mol. The minimum Gasteiger partial charge on any atom is -0.383 e. The Labute approximate surface area is 263 Å². The molecule has 9 heteroatoms. The van der Waals surface area contributed by atoms with Crippen LogP contribution >= 0.6 is 11.3 Å². The van der Waals surface area contributed by atoms with E-state index < -0.39 is 0 Å². The second-order valence-electron chi connectivity index (χ2n) is 13.4. The molecule has 8 rings (SSSR count). The van der Waals surface area contributed by atoms with Crippen LogP contribution in [0.4, 0.5) is 16.8 Å². The van der Waals surface area contributed by atoms with Gasteiger partial charge in [0.2, 0.25) is 0 Å². The summed E-state index contributed by atoms with van der Waals surface area (Å²) in [5, 5.41) is 8.36. The number of nitrogens with two attached hydrogens (primary N) is 1. The summed E-state index contributed by atoms with van der Waals surface area (Å²) in [6, 6.07) is 11.8. The number of carbonyl (C=O) groups is 1. The van der Waals surface area contributed by atoms with Crippen molar-refractivity contribution in [2.75, 3.05) is 29.5 Å². The van der Waals surface area contributed by atoms with E-state index in [-0.39, 0.29) is 5.91 Å². The SMILES string of the molecule is C=C(CN(C)c1ccc(-c2cnn(CC34CC5CC(CC(C5)C3)C4)c2C)c(N)n1)/C(=C\C)C(=O)Nc1nc2ccccc2s1. The number of rotatable bonds is 9. The lowest BCUT2D eigenvalue weighted by molar-refractivity contribution is -0.112. The fourth-order valence-electron chi connectivity index (χ4n) is 8.61. The fraction of sp³-hybridized carbons (Fsp3) is 0.429. The summed E-state index contributed by atoms with van der Waals surface area (Å²) >= 11 is 1.45. The Morgan fingerprint density at radius 2 is 1.82 bits per heavy atom. The second-order valence-corrected chi connectivity index (χ2v) is 14.5. The molecule has 1 amide bonds. The summed E-state index contributed by atoms with van der Waals surface area (Å²) in [5.41, 5.74) is 12.1. The predicted octanol–water partition coefficient (Wildman–Crippen LogP) is 7.24. The third kappa shape index (κ3) is 5.31. The highest BCUT2D eigenvalue weighted by atomic mass is 32.1. The molecule has 4 bridgehead atoms. The molecule has 0 unspecified atom stereocenters. The first-order valence-corrected chi connectivity index (χ1v) is 16.5. The summed E-state index contributed by atoms with van der Waals surface area (Å²) in [4.78, 5) is 24.4. The number of pyridine rings is 1. The number of amides is 1. The van der Waals surface area contributed by atoms with Crippen LogP contribution in [0.5, 0.6) is 0 Å². The number of anilines is 3. The molecule has 4 aromatic rings. The number of para-hydroxylation sites is 1. The summed E-state index contributed by atoms with van der Waals surface area (Å²) < 4.78 is 3.25. The zero-order chi connectivity index (χ0) is 30.6. The molecule has 4 aliphatic rings. The van der Waals surface area contributed by atoms with E-state index in [2.05, 4.69) is 28.5 Å². The number of carbonyl (C=O) groups excluding carboxylic acids is 1. The smallest absolute Gasteiger partial charge is 0.257 e. The molecule has 0 atom stereocenters. The maximum atomic E-state index is 13.1. The van der Waals surface area contributed by atoms with Crippen LogP contribution in [0.3, 0.4) is 0 Å². The third-order valence-corrected chi connectivity index (χ3v) is 11.2. The number of hydrogen-bond acceptors (Lipinski definition) is 7. The number of fused-ring (bicyclic) bond motifs is 1. The van der Waals surface area contributed by atoms with Crippen molar-refractivity contribution in [1.29, 1.82) is 0 Å². The van der Waals surface area contributed by atoms with Crippen molar-refractivity contribution in [3.8, 4) is 11.1 Å². The van der Waals surface area contributed by atoms with Crippen LogP contribution in [-0.4, -0.2) is 39.2 Å². The van der Waals surface area contributed by atoms with Gasteiger partial charge in [-0.25, -0.2) is 9.97 Å². The van der Waals surface area contributed by atoms with Crippen molar-refractivity contribution in [1.82, 2.24) is 19.7 Å². The Hall–Kier alpha value is -3.98. The number of nitrogens with zero attached hydrogens (tertiary/aromatic N) is 5. The Bertz CT molecular complexity index is 1710. The van der Waals surface area contributed by atoms with E-state index in [1.54, 1.807) is 6.08 Å². The zero-order valence-electron chi connectivity index (χ0n) is 25.8. The van der Waals surface area contributed by atoms with E-state index in [0.29, 0.717) is 39.9 Å². The minimum atomic E-state index is -0.228. The minimum absolute atomic E-state index is 0.228. The van der Waals surface area contributed by atoms with Gasteiger partial charge in [0, 0.05) is 42.5 Å². The van der Waals surface area contributed by atoms with E-state index in [1.807, 2.05) is 61.5 Å². The average Bonchev–Trinajstić information content (AvgIpc) is 3.54. The molecule has 0 radical (unpaired) electrons.